The Bertz CT molecular complexity index is 922. The fraction of sp³-hybridized carbons (Fsp3) is 0.545. The molecule has 0 unspecified atom stereocenters. The number of thiocarbonyl (C=S) groups is 1. The third kappa shape index (κ3) is 4.86. The molecular weight excluding hydrogens is 436 g/mol. The first-order valence-electron chi connectivity index (χ1n) is 10.5. The van der Waals surface area contributed by atoms with Crippen LogP contribution in [-0.2, 0) is 39.8 Å². The van der Waals surface area contributed by atoms with E-state index in [1.165, 1.54) is 20.8 Å². The van der Waals surface area contributed by atoms with Gasteiger partial charge in [0.05, 0.1) is 5.69 Å². The molecule has 2 aliphatic heterocycles. The first kappa shape index (κ1) is 23.9. The number of esters is 3. The van der Waals surface area contributed by atoms with Gasteiger partial charge in [0.25, 0.3) is 0 Å². The molecule has 2 aliphatic rings. The van der Waals surface area contributed by atoms with E-state index in [4.69, 9.17) is 31.2 Å². The van der Waals surface area contributed by atoms with Crippen molar-refractivity contribution in [2.45, 2.75) is 71.6 Å². The summed E-state index contributed by atoms with van der Waals surface area (Å²) in [6.07, 6.45) is -2.49. The molecule has 0 amide bonds. The van der Waals surface area contributed by atoms with Crippen LogP contribution in [0.1, 0.15) is 38.8 Å². The summed E-state index contributed by atoms with van der Waals surface area (Å²) in [5, 5.41) is 3.66. The molecule has 32 heavy (non-hydrogen) atoms. The lowest BCUT2D eigenvalue weighted by Crippen LogP contribution is -2.49. The van der Waals surface area contributed by atoms with Crippen LogP contribution < -0.4 is 10.2 Å². The minimum atomic E-state index is -0.967. The standard InChI is InChI=1S/C22H28N2O7S/c1-6-15-9-7-8-11(2)18(15)24-21-17(23-22(24)32)20(30-14(5)27)19(31-21)16(29-13(4)26)10-28-12(3)25/h7-9,16-17,19-21H,6,10H2,1-5H3,(H,23,32)/t16-,17-,19-,20-,21+/m1/s1. The Hall–Kier alpha value is -2.72. The summed E-state index contributed by atoms with van der Waals surface area (Å²) < 4.78 is 22.4. The number of ether oxygens (including phenoxy) is 4. The molecule has 10 heteroatoms. The molecular formula is C22H28N2O7S. The number of anilines is 1. The SMILES string of the molecule is CCc1cccc(C)c1N1C(=S)N[C@@H]2[C@@H](OC(C)=O)[C@@H]([C@@H](COC(C)=O)OC(C)=O)O[C@@H]21. The Kier molecular flexibility index (Phi) is 7.35. The highest BCUT2D eigenvalue weighted by molar-refractivity contribution is 7.80. The molecule has 1 aromatic rings. The molecule has 2 heterocycles. The van der Waals surface area contributed by atoms with Gasteiger partial charge in [-0.2, -0.15) is 0 Å². The molecule has 2 saturated heterocycles. The zero-order valence-corrected chi connectivity index (χ0v) is 19.6. The average Bonchev–Trinajstić information content (AvgIpc) is 3.19. The second-order valence-electron chi connectivity index (χ2n) is 7.80. The van der Waals surface area contributed by atoms with Gasteiger partial charge >= 0.3 is 17.9 Å². The van der Waals surface area contributed by atoms with Crippen LogP contribution in [0.15, 0.2) is 18.2 Å². The number of hydrogen-bond donors (Lipinski definition) is 1. The molecule has 1 N–H and O–H groups in total. The van der Waals surface area contributed by atoms with E-state index in [0.29, 0.717) is 5.11 Å². The van der Waals surface area contributed by atoms with E-state index in [-0.39, 0.29) is 6.61 Å². The quantitative estimate of drug-likeness (QED) is 0.365. The van der Waals surface area contributed by atoms with Crippen molar-refractivity contribution in [3.8, 4) is 0 Å². The van der Waals surface area contributed by atoms with Gasteiger partial charge in [-0.05, 0) is 36.7 Å². The van der Waals surface area contributed by atoms with E-state index >= 15 is 0 Å². The molecule has 9 nitrogen and oxygen atoms in total. The maximum Gasteiger partial charge on any atom is 0.303 e. The third-order valence-corrected chi connectivity index (χ3v) is 5.74. The van der Waals surface area contributed by atoms with Crippen LogP contribution >= 0.6 is 12.2 Å². The van der Waals surface area contributed by atoms with Crippen molar-refractivity contribution in [1.82, 2.24) is 5.32 Å². The predicted octanol–water partition coefficient (Wildman–Crippen LogP) is 1.77. The van der Waals surface area contributed by atoms with E-state index in [1.807, 2.05) is 30.0 Å². The van der Waals surface area contributed by atoms with Gasteiger partial charge in [-0.15, -0.1) is 0 Å². The molecule has 174 valence electrons. The van der Waals surface area contributed by atoms with E-state index in [1.54, 1.807) is 0 Å². The van der Waals surface area contributed by atoms with Crippen LogP contribution in [-0.4, -0.2) is 60.2 Å². The van der Waals surface area contributed by atoms with Crippen molar-refractivity contribution in [3.05, 3.63) is 29.3 Å². The van der Waals surface area contributed by atoms with Crippen molar-refractivity contribution in [1.29, 1.82) is 0 Å². The molecule has 5 atom stereocenters. The number of para-hydroxylation sites is 1. The largest absolute Gasteiger partial charge is 0.462 e. The van der Waals surface area contributed by atoms with Crippen molar-refractivity contribution in [2.24, 2.45) is 0 Å². The minimum Gasteiger partial charge on any atom is -0.462 e. The Morgan fingerprint density at radius 2 is 1.91 bits per heavy atom. The third-order valence-electron chi connectivity index (χ3n) is 5.42. The molecule has 0 aliphatic carbocycles. The number of fused-ring (bicyclic) bond motifs is 1. The van der Waals surface area contributed by atoms with Crippen LogP contribution in [0.5, 0.6) is 0 Å². The topological polar surface area (TPSA) is 103 Å². The van der Waals surface area contributed by atoms with Gasteiger partial charge < -0.3 is 24.3 Å². The number of benzene rings is 1. The number of nitrogens with zero attached hydrogens (tertiary/aromatic N) is 1. The minimum absolute atomic E-state index is 0.230. The van der Waals surface area contributed by atoms with Gasteiger partial charge in [-0.1, -0.05) is 25.1 Å². The Morgan fingerprint density at radius 3 is 2.50 bits per heavy atom. The van der Waals surface area contributed by atoms with Crippen molar-refractivity contribution >= 4 is 40.9 Å². The zero-order chi connectivity index (χ0) is 23.6. The highest BCUT2D eigenvalue weighted by Gasteiger charge is 2.57. The lowest BCUT2D eigenvalue weighted by atomic mass is 10.0. The van der Waals surface area contributed by atoms with Crippen molar-refractivity contribution in [3.63, 3.8) is 0 Å². The molecule has 0 spiro atoms. The summed E-state index contributed by atoms with van der Waals surface area (Å²) in [4.78, 5) is 36.9. The normalized spacial score (nSPS) is 25.0. The summed E-state index contributed by atoms with van der Waals surface area (Å²) >= 11 is 5.61. The molecule has 2 fully saturated rings. The number of hydrogen-bond acceptors (Lipinski definition) is 8. The van der Waals surface area contributed by atoms with Crippen LogP contribution in [0.3, 0.4) is 0 Å². The van der Waals surface area contributed by atoms with Crippen LogP contribution in [0, 0.1) is 6.92 Å². The summed E-state index contributed by atoms with van der Waals surface area (Å²) in [5.41, 5.74) is 3.02. The Morgan fingerprint density at radius 1 is 1.19 bits per heavy atom. The van der Waals surface area contributed by atoms with E-state index in [0.717, 1.165) is 23.2 Å². The highest BCUT2D eigenvalue weighted by Crippen LogP contribution is 2.39. The maximum absolute atomic E-state index is 11.9. The van der Waals surface area contributed by atoms with E-state index in [2.05, 4.69) is 12.2 Å². The molecule has 0 bridgehead atoms. The maximum atomic E-state index is 11.9. The number of rotatable bonds is 7. The van der Waals surface area contributed by atoms with Gasteiger partial charge in [0.15, 0.2) is 23.5 Å². The second-order valence-corrected chi connectivity index (χ2v) is 8.18. The molecule has 3 rings (SSSR count). The first-order chi connectivity index (χ1) is 15.1. The number of carbonyl (C=O) groups excluding carboxylic acids is 3. The Labute approximate surface area is 192 Å². The monoisotopic (exact) mass is 464 g/mol. The smallest absolute Gasteiger partial charge is 0.303 e. The van der Waals surface area contributed by atoms with Crippen LogP contribution in [0.2, 0.25) is 0 Å². The summed E-state index contributed by atoms with van der Waals surface area (Å²) in [7, 11) is 0. The fourth-order valence-electron chi connectivity index (χ4n) is 4.21. The van der Waals surface area contributed by atoms with E-state index < -0.39 is 48.5 Å². The zero-order valence-electron chi connectivity index (χ0n) is 18.7. The summed E-state index contributed by atoms with van der Waals surface area (Å²) in [5.74, 6) is -1.62. The van der Waals surface area contributed by atoms with Gasteiger partial charge in [0.2, 0.25) is 0 Å². The highest BCUT2D eigenvalue weighted by atomic mass is 32.1. The molecule has 0 saturated carbocycles. The number of carbonyl (C=O) groups is 3. The van der Waals surface area contributed by atoms with Gasteiger partial charge in [0, 0.05) is 20.8 Å². The lowest BCUT2D eigenvalue weighted by molar-refractivity contribution is -0.174. The van der Waals surface area contributed by atoms with E-state index in [9.17, 15) is 14.4 Å². The fourth-order valence-corrected chi connectivity index (χ4v) is 4.54. The molecule has 1 aromatic carbocycles. The lowest BCUT2D eigenvalue weighted by Gasteiger charge is -2.30. The number of aryl methyl sites for hydroxylation is 2. The predicted molar refractivity (Wildman–Crippen MR) is 119 cm³/mol. The molecule has 0 aromatic heterocycles. The van der Waals surface area contributed by atoms with Gasteiger partial charge in [-0.25, -0.2) is 0 Å². The molecule has 0 radical (unpaired) electrons. The Balaban J connectivity index is 1.99. The van der Waals surface area contributed by atoms with Gasteiger partial charge in [-0.3, -0.25) is 19.3 Å². The first-order valence-corrected chi connectivity index (χ1v) is 10.9. The van der Waals surface area contributed by atoms with Crippen LogP contribution in [0.4, 0.5) is 5.69 Å². The number of nitrogens with one attached hydrogen (secondary N) is 1. The summed E-state index contributed by atoms with van der Waals surface area (Å²) in [6.45, 7) is 7.61. The van der Waals surface area contributed by atoms with Crippen molar-refractivity contribution in [2.75, 3.05) is 11.5 Å². The average molecular weight is 465 g/mol. The second kappa shape index (κ2) is 9.83. The van der Waals surface area contributed by atoms with Crippen molar-refractivity contribution < 1.29 is 33.3 Å². The van der Waals surface area contributed by atoms with Gasteiger partial charge in [0.1, 0.15) is 18.8 Å². The summed E-state index contributed by atoms with van der Waals surface area (Å²) in [6, 6.07) is 5.49. The van der Waals surface area contributed by atoms with Crippen LogP contribution in [0.25, 0.3) is 0 Å².